The molecule has 0 aromatic rings. The molecular weight excluding hydrogens is 228 g/mol. The summed E-state index contributed by atoms with van der Waals surface area (Å²) in [5.41, 5.74) is 1.30. The average molecular weight is 256 g/mol. The molecule has 0 spiro atoms. The molecule has 2 nitrogen and oxygen atoms in total. The molecule has 1 aliphatic rings. The molecule has 1 rings (SSSR count). The molecule has 0 saturated heterocycles. The van der Waals surface area contributed by atoms with Crippen LogP contribution >= 0.6 is 0 Å². The monoisotopic (exact) mass is 256 g/mol. The van der Waals surface area contributed by atoms with Gasteiger partial charge in [-0.05, 0) is 37.4 Å². The SMILES string of the molecule is C=C1CC[C@@H](O[Si](C)(C)C(C)(C)C)[C@H](OC)C1. The van der Waals surface area contributed by atoms with E-state index in [0.717, 1.165) is 19.3 Å². The van der Waals surface area contributed by atoms with Crippen LogP contribution in [-0.2, 0) is 9.16 Å². The van der Waals surface area contributed by atoms with E-state index in [1.165, 1.54) is 5.57 Å². The van der Waals surface area contributed by atoms with Gasteiger partial charge in [0.25, 0.3) is 0 Å². The summed E-state index contributed by atoms with van der Waals surface area (Å²) in [7, 11) is 0.101. The van der Waals surface area contributed by atoms with Gasteiger partial charge in [-0.25, -0.2) is 0 Å². The lowest BCUT2D eigenvalue weighted by Crippen LogP contribution is -2.48. The van der Waals surface area contributed by atoms with Gasteiger partial charge in [-0.2, -0.15) is 0 Å². The van der Waals surface area contributed by atoms with E-state index in [4.69, 9.17) is 9.16 Å². The van der Waals surface area contributed by atoms with E-state index >= 15 is 0 Å². The molecule has 1 aliphatic carbocycles. The maximum Gasteiger partial charge on any atom is 0.192 e. The molecule has 0 radical (unpaired) electrons. The topological polar surface area (TPSA) is 18.5 Å². The van der Waals surface area contributed by atoms with E-state index < -0.39 is 8.32 Å². The third-order valence-electron chi connectivity index (χ3n) is 4.24. The predicted molar refractivity (Wildman–Crippen MR) is 75.9 cm³/mol. The molecule has 1 fully saturated rings. The first-order chi connectivity index (χ1) is 7.67. The van der Waals surface area contributed by atoms with Crippen molar-refractivity contribution in [3.05, 3.63) is 12.2 Å². The zero-order valence-electron chi connectivity index (χ0n) is 12.3. The first-order valence-electron chi connectivity index (χ1n) is 6.54. The maximum absolute atomic E-state index is 6.47. The first kappa shape index (κ1) is 14.9. The highest BCUT2D eigenvalue weighted by Gasteiger charge is 2.41. The van der Waals surface area contributed by atoms with Gasteiger partial charge in [0.05, 0.1) is 12.2 Å². The number of ether oxygens (including phenoxy) is 1. The Morgan fingerprint density at radius 2 is 1.82 bits per heavy atom. The Kier molecular flexibility index (Phi) is 4.61. The van der Waals surface area contributed by atoms with Gasteiger partial charge < -0.3 is 9.16 Å². The van der Waals surface area contributed by atoms with Crippen molar-refractivity contribution in [1.82, 2.24) is 0 Å². The van der Waals surface area contributed by atoms with Crippen LogP contribution in [-0.4, -0.2) is 27.6 Å². The molecule has 0 N–H and O–H groups in total. The number of hydrogen-bond donors (Lipinski definition) is 0. The minimum absolute atomic E-state index is 0.199. The molecule has 2 atom stereocenters. The van der Waals surface area contributed by atoms with Gasteiger partial charge in [-0.3, -0.25) is 0 Å². The molecule has 0 unspecified atom stereocenters. The molecule has 0 aromatic carbocycles. The zero-order valence-corrected chi connectivity index (χ0v) is 13.3. The summed E-state index contributed by atoms with van der Waals surface area (Å²) in [6.07, 6.45) is 3.55. The molecule has 3 heteroatoms. The standard InChI is InChI=1S/C14H28O2Si/c1-11-8-9-12(13(10-11)15-5)16-17(6,7)14(2,3)4/h12-13H,1,8-10H2,2-7H3/t12-,13-/m1/s1. The van der Waals surface area contributed by atoms with Crippen molar-refractivity contribution in [2.75, 3.05) is 7.11 Å². The predicted octanol–water partition coefficient (Wildman–Crippen LogP) is 4.13. The van der Waals surface area contributed by atoms with Crippen LogP contribution < -0.4 is 0 Å². The van der Waals surface area contributed by atoms with Crippen LogP contribution in [0.15, 0.2) is 12.2 Å². The lowest BCUT2D eigenvalue weighted by molar-refractivity contribution is -0.0176. The van der Waals surface area contributed by atoms with Crippen molar-refractivity contribution in [1.29, 1.82) is 0 Å². The summed E-state index contributed by atoms with van der Waals surface area (Å²) in [5.74, 6) is 0. The van der Waals surface area contributed by atoms with Gasteiger partial charge in [-0.1, -0.05) is 32.9 Å². The Labute approximate surface area is 108 Å². The van der Waals surface area contributed by atoms with Crippen LogP contribution in [0.3, 0.4) is 0 Å². The third kappa shape index (κ3) is 3.67. The van der Waals surface area contributed by atoms with Crippen molar-refractivity contribution < 1.29 is 9.16 Å². The van der Waals surface area contributed by atoms with Crippen LogP contribution in [0.1, 0.15) is 40.0 Å². The molecule has 100 valence electrons. The fourth-order valence-electron chi connectivity index (χ4n) is 1.98. The van der Waals surface area contributed by atoms with Gasteiger partial charge in [0.2, 0.25) is 0 Å². The van der Waals surface area contributed by atoms with Gasteiger partial charge in [0.1, 0.15) is 0 Å². The van der Waals surface area contributed by atoms with Crippen LogP contribution in [0.5, 0.6) is 0 Å². The average Bonchev–Trinajstić information content (AvgIpc) is 2.18. The lowest BCUT2D eigenvalue weighted by atomic mass is 9.91. The molecule has 0 aromatic heterocycles. The molecule has 0 aliphatic heterocycles. The fourth-order valence-corrected chi connectivity index (χ4v) is 3.36. The van der Waals surface area contributed by atoms with Crippen molar-refractivity contribution >= 4 is 8.32 Å². The van der Waals surface area contributed by atoms with Crippen molar-refractivity contribution in [2.24, 2.45) is 0 Å². The molecule has 0 amide bonds. The van der Waals surface area contributed by atoms with E-state index in [9.17, 15) is 0 Å². The fraction of sp³-hybridized carbons (Fsp3) is 0.857. The van der Waals surface area contributed by atoms with Gasteiger partial charge >= 0.3 is 0 Å². The van der Waals surface area contributed by atoms with Gasteiger partial charge in [0.15, 0.2) is 8.32 Å². The van der Waals surface area contributed by atoms with E-state index in [-0.39, 0.29) is 17.2 Å². The van der Waals surface area contributed by atoms with Gasteiger partial charge in [-0.15, -0.1) is 0 Å². The largest absolute Gasteiger partial charge is 0.411 e. The summed E-state index contributed by atoms with van der Waals surface area (Å²) in [6, 6.07) is 0. The number of hydrogen-bond acceptors (Lipinski definition) is 2. The number of methoxy groups -OCH3 is 1. The second-order valence-electron chi connectivity index (χ2n) is 6.68. The molecule has 1 saturated carbocycles. The summed E-state index contributed by atoms with van der Waals surface area (Å²) in [6.45, 7) is 15.5. The zero-order chi connectivity index (χ0) is 13.3. The van der Waals surface area contributed by atoms with Crippen molar-refractivity contribution in [2.45, 2.75) is 70.4 Å². The second kappa shape index (κ2) is 5.25. The maximum atomic E-state index is 6.47. The third-order valence-corrected chi connectivity index (χ3v) is 8.75. The molecule has 0 heterocycles. The minimum atomic E-state index is -1.68. The summed E-state index contributed by atoms with van der Waals surface area (Å²) >= 11 is 0. The molecule has 17 heavy (non-hydrogen) atoms. The van der Waals surface area contributed by atoms with Crippen molar-refractivity contribution in [3.8, 4) is 0 Å². The Hall–Kier alpha value is -0.123. The quantitative estimate of drug-likeness (QED) is 0.558. The smallest absolute Gasteiger partial charge is 0.192 e. The van der Waals surface area contributed by atoms with E-state index in [2.05, 4.69) is 40.4 Å². The van der Waals surface area contributed by atoms with Crippen LogP contribution in [0.4, 0.5) is 0 Å². The van der Waals surface area contributed by atoms with Crippen molar-refractivity contribution in [3.63, 3.8) is 0 Å². The highest BCUT2D eigenvalue weighted by molar-refractivity contribution is 6.74. The lowest BCUT2D eigenvalue weighted by Gasteiger charge is -2.42. The van der Waals surface area contributed by atoms with Crippen LogP contribution in [0.2, 0.25) is 18.1 Å². The highest BCUT2D eigenvalue weighted by atomic mass is 28.4. The Bertz CT molecular complexity index is 278. The first-order valence-corrected chi connectivity index (χ1v) is 9.45. The van der Waals surface area contributed by atoms with Gasteiger partial charge in [0, 0.05) is 7.11 Å². The van der Waals surface area contributed by atoms with Crippen LogP contribution in [0, 0.1) is 0 Å². The summed E-state index contributed by atoms with van der Waals surface area (Å²) < 4.78 is 12.0. The normalized spacial score (nSPS) is 27.3. The Morgan fingerprint density at radius 3 is 2.29 bits per heavy atom. The van der Waals surface area contributed by atoms with E-state index in [0.29, 0.717) is 0 Å². The van der Waals surface area contributed by atoms with Crippen LogP contribution in [0.25, 0.3) is 0 Å². The molecule has 0 bridgehead atoms. The number of rotatable bonds is 3. The van der Waals surface area contributed by atoms with E-state index in [1.807, 2.05) is 0 Å². The Balaban J connectivity index is 2.70. The highest BCUT2D eigenvalue weighted by Crippen LogP contribution is 2.39. The minimum Gasteiger partial charge on any atom is -0.411 e. The second-order valence-corrected chi connectivity index (χ2v) is 11.4. The summed E-state index contributed by atoms with van der Waals surface area (Å²) in [4.78, 5) is 0. The van der Waals surface area contributed by atoms with E-state index in [1.54, 1.807) is 7.11 Å². The molecular formula is C14H28O2Si. The Morgan fingerprint density at radius 1 is 1.24 bits per heavy atom. The summed E-state index contributed by atoms with van der Waals surface area (Å²) in [5, 5.41) is 0.264.